The van der Waals surface area contributed by atoms with Gasteiger partial charge in [0.1, 0.15) is 0 Å². The second-order valence-corrected chi connectivity index (χ2v) is 6.38. The number of guanidine groups is 1. The third kappa shape index (κ3) is 4.17. The van der Waals surface area contributed by atoms with Gasteiger partial charge in [-0.1, -0.05) is 30.3 Å². The fourth-order valence-electron chi connectivity index (χ4n) is 2.93. The van der Waals surface area contributed by atoms with Crippen LogP contribution >= 0.6 is 0 Å². The van der Waals surface area contributed by atoms with Crippen LogP contribution in [0.25, 0.3) is 5.65 Å². The molecule has 4 rings (SSSR count). The molecular formula is C20H22N8. The van der Waals surface area contributed by atoms with Crippen molar-refractivity contribution in [2.45, 2.75) is 19.6 Å². The lowest BCUT2D eigenvalue weighted by Crippen LogP contribution is -2.36. The maximum atomic E-state index is 4.28. The third-order valence-corrected chi connectivity index (χ3v) is 4.43. The molecule has 142 valence electrons. The Kier molecular flexibility index (Phi) is 5.28. The fourth-order valence-corrected chi connectivity index (χ4v) is 2.93. The highest BCUT2D eigenvalue weighted by molar-refractivity contribution is 5.79. The summed E-state index contributed by atoms with van der Waals surface area (Å²) in [4.78, 5) is 8.35. The maximum Gasteiger partial charge on any atom is 0.191 e. The molecule has 1 aromatic carbocycles. The first-order valence-electron chi connectivity index (χ1n) is 9.08. The average molecular weight is 374 g/mol. The third-order valence-electron chi connectivity index (χ3n) is 4.43. The van der Waals surface area contributed by atoms with E-state index in [1.165, 1.54) is 11.1 Å². The summed E-state index contributed by atoms with van der Waals surface area (Å²) in [6.45, 7) is 2.05. The maximum absolute atomic E-state index is 4.28. The molecule has 0 bridgehead atoms. The van der Waals surface area contributed by atoms with Crippen LogP contribution in [-0.2, 0) is 19.6 Å². The number of aromatic nitrogens is 5. The van der Waals surface area contributed by atoms with Gasteiger partial charge in [0.05, 0.1) is 12.9 Å². The molecular weight excluding hydrogens is 352 g/mol. The van der Waals surface area contributed by atoms with Crippen LogP contribution in [0.3, 0.4) is 0 Å². The van der Waals surface area contributed by atoms with Crippen LogP contribution in [0.2, 0.25) is 0 Å². The summed E-state index contributed by atoms with van der Waals surface area (Å²) in [6, 6.07) is 14.4. The molecule has 4 aromatic rings. The van der Waals surface area contributed by atoms with Crippen molar-refractivity contribution in [1.82, 2.24) is 34.8 Å². The largest absolute Gasteiger partial charge is 0.352 e. The van der Waals surface area contributed by atoms with E-state index >= 15 is 0 Å². The zero-order chi connectivity index (χ0) is 19.2. The van der Waals surface area contributed by atoms with Crippen molar-refractivity contribution in [3.63, 3.8) is 0 Å². The number of hydrogen-bond acceptors (Lipinski definition) is 4. The number of benzene rings is 1. The van der Waals surface area contributed by atoms with E-state index in [9.17, 15) is 0 Å². The Bertz CT molecular complexity index is 1050. The molecule has 3 heterocycles. The van der Waals surface area contributed by atoms with E-state index in [2.05, 4.69) is 55.1 Å². The Labute approximate surface area is 163 Å². The van der Waals surface area contributed by atoms with Gasteiger partial charge in [-0.25, -0.2) is 4.98 Å². The highest BCUT2D eigenvalue weighted by atomic mass is 15.3. The molecule has 0 radical (unpaired) electrons. The number of fused-ring (bicyclic) bond motifs is 1. The van der Waals surface area contributed by atoms with Crippen molar-refractivity contribution in [3.8, 4) is 0 Å². The van der Waals surface area contributed by atoms with Gasteiger partial charge in [-0.3, -0.25) is 9.39 Å². The summed E-state index contributed by atoms with van der Waals surface area (Å²) in [5, 5.41) is 15.0. The molecule has 8 heteroatoms. The van der Waals surface area contributed by atoms with Gasteiger partial charge in [0.15, 0.2) is 17.4 Å². The SMILES string of the molecule is CN=C(NCc1ccc(Cn2ccnc2)cc1)NCc1nnc2ccccn12. The molecule has 3 aromatic heterocycles. The van der Waals surface area contributed by atoms with Crippen molar-refractivity contribution in [1.29, 1.82) is 0 Å². The van der Waals surface area contributed by atoms with Crippen molar-refractivity contribution in [2.24, 2.45) is 4.99 Å². The van der Waals surface area contributed by atoms with Gasteiger partial charge >= 0.3 is 0 Å². The molecule has 0 aliphatic rings. The highest BCUT2D eigenvalue weighted by Gasteiger charge is 2.05. The number of hydrogen-bond donors (Lipinski definition) is 2. The Morgan fingerprint density at radius 1 is 0.964 bits per heavy atom. The molecule has 0 spiro atoms. The number of imidazole rings is 1. The van der Waals surface area contributed by atoms with Crippen molar-refractivity contribution < 1.29 is 0 Å². The van der Waals surface area contributed by atoms with Gasteiger partial charge in [-0.15, -0.1) is 10.2 Å². The summed E-state index contributed by atoms with van der Waals surface area (Å²) < 4.78 is 4.01. The molecule has 0 fully saturated rings. The number of pyridine rings is 1. The molecule has 28 heavy (non-hydrogen) atoms. The Hall–Kier alpha value is -3.68. The number of rotatable bonds is 6. The van der Waals surface area contributed by atoms with E-state index in [1.54, 1.807) is 13.2 Å². The Morgan fingerprint density at radius 2 is 1.79 bits per heavy atom. The molecule has 0 amide bonds. The van der Waals surface area contributed by atoms with Gasteiger partial charge in [0.25, 0.3) is 0 Å². The normalized spacial score (nSPS) is 11.7. The van der Waals surface area contributed by atoms with Crippen LogP contribution in [-0.4, -0.2) is 37.2 Å². The molecule has 8 nitrogen and oxygen atoms in total. The van der Waals surface area contributed by atoms with Crippen LogP contribution in [0.4, 0.5) is 0 Å². The minimum Gasteiger partial charge on any atom is -0.352 e. The number of nitrogens with one attached hydrogen (secondary N) is 2. The monoisotopic (exact) mass is 374 g/mol. The van der Waals surface area contributed by atoms with Crippen molar-refractivity contribution in [3.05, 3.63) is 84.3 Å². The summed E-state index contributed by atoms with van der Waals surface area (Å²) in [7, 11) is 1.76. The summed E-state index contributed by atoms with van der Waals surface area (Å²) in [6.07, 6.45) is 7.53. The molecule has 0 aliphatic heterocycles. The standard InChI is InChI=1S/C20H22N8/c1-21-20(24-13-19-26-25-18-4-2-3-10-28(18)19)23-12-16-5-7-17(8-6-16)14-27-11-9-22-15-27/h2-11,15H,12-14H2,1H3,(H2,21,23,24). The van der Waals surface area contributed by atoms with E-state index in [4.69, 9.17) is 0 Å². The number of aliphatic imine (C=N–C) groups is 1. The first kappa shape index (κ1) is 17.7. The van der Waals surface area contributed by atoms with Crippen molar-refractivity contribution >= 4 is 11.6 Å². The fraction of sp³-hybridized carbons (Fsp3) is 0.200. The van der Waals surface area contributed by atoms with Crippen LogP contribution in [0.5, 0.6) is 0 Å². The lowest BCUT2D eigenvalue weighted by atomic mass is 10.1. The van der Waals surface area contributed by atoms with E-state index in [1.807, 2.05) is 45.9 Å². The summed E-state index contributed by atoms with van der Waals surface area (Å²) in [5.41, 5.74) is 3.26. The summed E-state index contributed by atoms with van der Waals surface area (Å²) >= 11 is 0. The minimum atomic E-state index is 0.536. The molecule has 0 unspecified atom stereocenters. The van der Waals surface area contributed by atoms with Gasteiger partial charge in [-0.05, 0) is 23.3 Å². The predicted octanol–water partition coefficient (Wildman–Crippen LogP) is 1.84. The van der Waals surface area contributed by atoms with Crippen LogP contribution in [0, 0.1) is 0 Å². The van der Waals surface area contributed by atoms with Crippen LogP contribution in [0.15, 0.2) is 72.4 Å². The summed E-state index contributed by atoms with van der Waals surface area (Å²) in [5.74, 6) is 1.55. The van der Waals surface area contributed by atoms with Crippen LogP contribution in [0.1, 0.15) is 17.0 Å². The Morgan fingerprint density at radius 3 is 2.57 bits per heavy atom. The van der Waals surface area contributed by atoms with E-state index < -0.39 is 0 Å². The zero-order valence-electron chi connectivity index (χ0n) is 15.7. The van der Waals surface area contributed by atoms with E-state index in [0.29, 0.717) is 13.1 Å². The molecule has 0 atom stereocenters. The van der Waals surface area contributed by atoms with Gasteiger partial charge < -0.3 is 15.2 Å². The second-order valence-electron chi connectivity index (χ2n) is 6.38. The van der Waals surface area contributed by atoms with Gasteiger partial charge in [0, 0.05) is 38.7 Å². The lowest BCUT2D eigenvalue weighted by molar-refractivity contribution is 0.761. The zero-order valence-corrected chi connectivity index (χ0v) is 15.7. The Balaban J connectivity index is 1.30. The second kappa shape index (κ2) is 8.34. The topological polar surface area (TPSA) is 84.4 Å². The van der Waals surface area contributed by atoms with E-state index in [0.717, 1.165) is 24.0 Å². The average Bonchev–Trinajstić information content (AvgIpc) is 3.39. The van der Waals surface area contributed by atoms with Gasteiger partial charge in [-0.2, -0.15) is 0 Å². The molecule has 2 N–H and O–H groups in total. The molecule has 0 aliphatic carbocycles. The quantitative estimate of drug-likeness (QED) is 0.397. The van der Waals surface area contributed by atoms with E-state index in [-0.39, 0.29) is 0 Å². The first-order valence-corrected chi connectivity index (χ1v) is 9.08. The van der Waals surface area contributed by atoms with Gasteiger partial charge in [0.2, 0.25) is 0 Å². The van der Waals surface area contributed by atoms with Crippen LogP contribution < -0.4 is 10.6 Å². The minimum absolute atomic E-state index is 0.536. The molecule has 0 saturated carbocycles. The van der Waals surface area contributed by atoms with Crippen molar-refractivity contribution in [2.75, 3.05) is 7.05 Å². The molecule has 0 saturated heterocycles. The lowest BCUT2D eigenvalue weighted by Gasteiger charge is -2.12. The number of nitrogens with zero attached hydrogens (tertiary/aromatic N) is 6. The smallest absolute Gasteiger partial charge is 0.191 e. The first-order chi connectivity index (χ1) is 13.8. The predicted molar refractivity (Wildman–Crippen MR) is 108 cm³/mol. The highest BCUT2D eigenvalue weighted by Crippen LogP contribution is 2.06.